The zero-order valence-electron chi connectivity index (χ0n) is 13.0. The summed E-state index contributed by atoms with van der Waals surface area (Å²) in [6.45, 7) is 3.85. The van der Waals surface area contributed by atoms with E-state index in [2.05, 4.69) is 29.2 Å². The topological polar surface area (TPSA) is 38.5 Å². The van der Waals surface area contributed by atoms with E-state index >= 15 is 0 Å². The fourth-order valence-corrected chi connectivity index (χ4v) is 3.83. The second-order valence-electron chi connectivity index (χ2n) is 6.38. The lowest BCUT2D eigenvalue weighted by atomic mass is 9.86. The van der Waals surface area contributed by atoms with Gasteiger partial charge >= 0.3 is 0 Å². The Kier molecular flexibility index (Phi) is 5.28. The zero-order valence-corrected chi connectivity index (χ0v) is 13.0. The van der Waals surface area contributed by atoms with E-state index < -0.39 is 0 Å². The molecule has 116 valence electrons. The van der Waals surface area contributed by atoms with Crippen molar-refractivity contribution in [2.24, 2.45) is 5.73 Å². The van der Waals surface area contributed by atoms with Crippen LogP contribution in [0, 0.1) is 0 Å². The summed E-state index contributed by atoms with van der Waals surface area (Å²) in [6.07, 6.45) is 7.70. The number of aryl methyl sites for hydroxylation is 1. The molecule has 1 aromatic carbocycles. The van der Waals surface area contributed by atoms with Crippen LogP contribution < -0.4 is 5.73 Å². The standard InChI is InChI=1S/C18H28N2O/c19-11-5-13-21-16-8-4-12-20(14-16)18-10-3-7-15-6-1-2-9-17(15)18/h1-2,6,9,16,18H,3-5,7-8,10-14,19H2. The minimum Gasteiger partial charge on any atom is -0.377 e. The predicted molar refractivity (Wildman–Crippen MR) is 86.3 cm³/mol. The van der Waals surface area contributed by atoms with E-state index in [-0.39, 0.29) is 0 Å². The summed E-state index contributed by atoms with van der Waals surface area (Å²) >= 11 is 0. The maximum atomic E-state index is 6.01. The molecular formula is C18H28N2O. The molecule has 3 rings (SSSR count). The Bertz CT molecular complexity index is 449. The Hall–Kier alpha value is -0.900. The third-order valence-corrected chi connectivity index (χ3v) is 4.89. The number of nitrogens with two attached hydrogens (primary N) is 1. The first-order valence-electron chi connectivity index (χ1n) is 8.52. The van der Waals surface area contributed by atoms with Crippen LogP contribution in [-0.2, 0) is 11.2 Å². The van der Waals surface area contributed by atoms with Crippen LogP contribution in [0.2, 0.25) is 0 Å². The van der Waals surface area contributed by atoms with Crippen LogP contribution in [0.3, 0.4) is 0 Å². The summed E-state index contributed by atoms with van der Waals surface area (Å²) in [6, 6.07) is 9.61. The highest BCUT2D eigenvalue weighted by Gasteiger charge is 2.29. The Morgan fingerprint density at radius 3 is 3.00 bits per heavy atom. The lowest BCUT2D eigenvalue weighted by molar-refractivity contribution is -0.0156. The third-order valence-electron chi connectivity index (χ3n) is 4.89. The normalized spacial score (nSPS) is 26.5. The van der Waals surface area contributed by atoms with Crippen molar-refractivity contribution in [3.63, 3.8) is 0 Å². The van der Waals surface area contributed by atoms with E-state index in [9.17, 15) is 0 Å². The second-order valence-corrected chi connectivity index (χ2v) is 6.38. The predicted octanol–water partition coefficient (Wildman–Crippen LogP) is 2.89. The van der Waals surface area contributed by atoms with Gasteiger partial charge in [-0.25, -0.2) is 0 Å². The number of hydrogen-bond acceptors (Lipinski definition) is 3. The van der Waals surface area contributed by atoms with Crippen LogP contribution in [0.25, 0.3) is 0 Å². The highest BCUT2D eigenvalue weighted by atomic mass is 16.5. The van der Waals surface area contributed by atoms with Crippen molar-refractivity contribution in [3.8, 4) is 0 Å². The molecule has 1 aliphatic carbocycles. The Labute approximate surface area is 128 Å². The third kappa shape index (κ3) is 3.65. The average Bonchev–Trinajstić information content (AvgIpc) is 2.55. The van der Waals surface area contributed by atoms with Gasteiger partial charge in [0.15, 0.2) is 0 Å². The van der Waals surface area contributed by atoms with Gasteiger partial charge in [0.2, 0.25) is 0 Å². The van der Waals surface area contributed by atoms with Gasteiger partial charge in [0, 0.05) is 19.2 Å². The van der Waals surface area contributed by atoms with Crippen molar-refractivity contribution < 1.29 is 4.74 Å². The van der Waals surface area contributed by atoms with Crippen molar-refractivity contribution in [1.29, 1.82) is 0 Å². The van der Waals surface area contributed by atoms with Crippen LogP contribution in [0.4, 0.5) is 0 Å². The van der Waals surface area contributed by atoms with Gasteiger partial charge in [-0.05, 0) is 62.7 Å². The Balaban J connectivity index is 1.64. The van der Waals surface area contributed by atoms with Crippen LogP contribution in [0.15, 0.2) is 24.3 Å². The van der Waals surface area contributed by atoms with Crippen LogP contribution in [0.1, 0.15) is 49.3 Å². The number of benzene rings is 1. The lowest BCUT2D eigenvalue weighted by Crippen LogP contribution is -2.42. The van der Waals surface area contributed by atoms with Gasteiger partial charge in [0.05, 0.1) is 6.10 Å². The van der Waals surface area contributed by atoms with E-state index in [1.807, 2.05) is 0 Å². The molecule has 3 nitrogen and oxygen atoms in total. The van der Waals surface area contributed by atoms with Gasteiger partial charge in [-0.1, -0.05) is 24.3 Å². The van der Waals surface area contributed by atoms with Crippen molar-refractivity contribution >= 4 is 0 Å². The van der Waals surface area contributed by atoms with E-state index in [1.54, 1.807) is 11.1 Å². The molecule has 21 heavy (non-hydrogen) atoms. The number of likely N-dealkylation sites (tertiary alicyclic amines) is 1. The first-order valence-corrected chi connectivity index (χ1v) is 8.52. The largest absolute Gasteiger partial charge is 0.377 e. The zero-order chi connectivity index (χ0) is 14.5. The quantitative estimate of drug-likeness (QED) is 0.847. The van der Waals surface area contributed by atoms with Crippen molar-refractivity contribution in [2.75, 3.05) is 26.2 Å². The molecule has 0 radical (unpaired) electrons. The van der Waals surface area contributed by atoms with E-state index in [4.69, 9.17) is 10.5 Å². The Morgan fingerprint density at radius 1 is 1.19 bits per heavy atom. The number of ether oxygens (including phenoxy) is 1. The van der Waals surface area contributed by atoms with E-state index in [1.165, 1.54) is 38.6 Å². The molecule has 2 aliphatic rings. The molecule has 0 saturated carbocycles. The summed E-state index contributed by atoms with van der Waals surface area (Å²) in [5.41, 5.74) is 8.67. The molecule has 2 N–H and O–H groups in total. The molecule has 1 aromatic rings. The number of piperidine rings is 1. The van der Waals surface area contributed by atoms with E-state index in [0.29, 0.717) is 12.1 Å². The molecule has 1 heterocycles. The van der Waals surface area contributed by atoms with Crippen LogP contribution in [0.5, 0.6) is 0 Å². The van der Waals surface area contributed by atoms with Crippen molar-refractivity contribution in [2.45, 2.75) is 50.7 Å². The van der Waals surface area contributed by atoms with Gasteiger partial charge in [-0.15, -0.1) is 0 Å². The maximum Gasteiger partial charge on any atom is 0.0702 e. The summed E-state index contributed by atoms with van der Waals surface area (Å²) in [5.74, 6) is 0. The van der Waals surface area contributed by atoms with Crippen LogP contribution in [-0.4, -0.2) is 37.2 Å². The summed E-state index contributed by atoms with van der Waals surface area (Å²) in [7, 11) is 0. The monoisotopic (exact) mass is 288 g/mol. The molecule has 1 saturated heterocycles. The molecule has 3 heteroatoms. The maximum absolute atomic E-state index is 6.01. The minimum atomic E-state index is 0.402. The molecule has 1 fully saturated rings. The number of hydrogen-bond donors (Lipinski definition) is 1. The number of fused-ring (bicyclic) bond motifs is 1. The number of nitrogens with zero attached hydrogens (tertiary/aromatic N) is 1. The minimum absolute atomic E-state index is 0.402. The highest BCUT2D eigenvalue weighted by Crippen LogP contribution is 2.35. The highest BCUT2D eigenvalue weighted by molar-refractivity contribution is 5.32. The first kappa shape index (κ1) is 15.0. The molecule has 0 amide bonds. The molecule has 0 spiro atoms. The first-order chi connectivity index (χ1) is 10.4. The molecule has 2 atom stereocenters. The van der Waals surface area contributed by atoms with E-state index in [0.717, 1.165) is 26.1 Å². The molecule has 0 aromatic heterocycles. The van der Waals surface area contributed by atoms with Crippen molar-refractivity contribution in [1.82, 2.24) is 4.90 Å². The average molecular weight is 288 g/mol. The second kappa shape index (κ2) is 7.39. The van der Waals surface area contributed by atoms with Gasteiger partial charge in [-0.2, -0.15) is 0 Å². The molecule has 2 unspecified atom stereocenters. The van der Waals surface area contributed by atoms with Gasteiger partial charge in [-0.3, -0.25) is 4.90 Å². The van der Waals surface area contributed by atoms with Gasteiger partial charge < -0.3 is 10.5 Å². The molecule has 1 aliphatic heterocycles. The lowest BCUT2D eigenvalue weighted by Gasteiger charge is -2.40. The summed E-state index contributed by atoms with van der Waals surface area (Å²) < 4.78 is 6.01. The molecule has 0 bridgehead atoms. The molecular weight excluding hydrogens is 260 g/mol. The summed E-state index contributed by atoms with van der Waals surface area (Å²) in [4.78, 5) is 2.66. The van der Waals surface area contributed by atoms with Gasteiger partial charge in [0.1, 0.15) is 0 Å². The van der Waals surface area contributed by atoms with Gasteiger partial charge in [0.25, 0.3) is 0 Å². The smallest absolute Gasteiger partial charge is 0.0702 e. The Morgan fingerprint density at radius 2 is 2.10 bits per heavy atom. The number of rotatable bonds is 5. The SMILES string of the molecule is NCCCOC1CCCN(C2CCCc3ccccc32)C1. The fraction of sp³-hybridized carbons (Fsp3) is 0.667. The van der Waals surface area contributed by atoms with Crippen molar-refractivity contribution in [3.05, 3.63) is 35.4 Å². The fourth-order valence-electron chi connectivity index (χ4n) is 3.83. The summed E-state index contributed by atoms with van der Waals surface area (Å²) in [5, 5.41) is 0. The van der Waals surface area contributed by atoms with Crippen LogP contribution >= 0.6 is 0 Å².